The minimum atomic E-state index is 0.560. The van der Waals surface area contributed by atoms with E-state index in [1.165, 1.54) is 28.5 Å². The maximum absolute atomic E-state index is 5.82. The zero-order chi connectivity index (χ0) is 14.8. The molecule has 21 heavy (non-hydrogen) atoms. The van der Waals surface area contributed by atoms with Crippen LogP contribution in [0, 0.1) is 0 Å². The molecule has 1 unspecified atom stereocenters. The van der Waals surface area contributed by atoms with E-state index in [-0.39, 0.29) is 0 Å². The summed E-state index contributed by atoms with van der Waals surface area (Å²) in [5.74, 6) is 1.09. The van der Waals surface area contributed by atoms with Gasteiger partial charge < -0.3 is 14.6 Å². The summed E-state index contributed by atoms with van der Waals surface area (Å²) in [6.45, 7) is 6.57. The van der Waals surface area contributed by atoms with E-state index >= 15 is 0 Å². The highest BCUT2D eigenvalue weighted by Crippen LogP contribution is 2.34. The second-order valence-corrected chi connectivity index (χ2v) is 6.26. The molecule has 0 fully saturated rings. The molecule has 0 bridgehead atoms. The summed E-state index contributed by atoms with van der Waals surface area (Å²) in [5.41, 5.74) is 4.09. The van der Waals surface area contributed by atoms with E-state index in [1.54, 1.807) is 0 Å². The smallest absolute Gasteiger partial charge is 0.123 e. The van der Waals surface area contributed by atoms with Crippen LogP contribution < -0.4 is 4.74 Å². The van der Waals surface area contributed by atoms with Gasteiger partial charge in [-0.2, -0.15) is 0 Å². The molecule has 1 N–H and O–H groups in total. The number of hydrogen-bond donors (Lipinski definition) is 1. The third kappa shape index (κ3) is 2.80. The van der Waals surface area contributed by atoms with E-state index in [0.29, 0.717) is 6.04 Å². The van der Waals surface area contributed by atoms with Gasteiger partial charge in [-0.3, -0.25) is 0 Å². The second kappa shape index (κ2) is 6.10. The highest BCUT2D eigenvalue weighted by atomic mass is 16.5. The zero-order valence-electron chi connectivity index (χ0n) is 13.4. The summed E-state index contributed by atoms with van der Waals surface area (Å²) in [7, 11) is 2.22. The molecule has 0 aliphatic carbocycles. The van der Waals surface area contributed by atoms with Crippen LogP contribution in [0.1, 0.15) is 37.8 Å². The molecule has 0 saturated carbocycles. The van der Waals surface area contributed by atoms with Gasteiger partial charge in [0.2, 0.25) is 0 Å². The monoisotopic (exact) mass is 286 g/mol. The van der Waals surface area contributed by atoms with E-state index in [9.17, 15) is 0 Å². The molecule has 2 heterocycles. The molecule has 1 aromatic heterocycles. The molecule has 0 saturated heterocycles. The largest absolute Gasteiger partial charge is 0.493 e. The Kier molecular flexibility index (Phi) is 4.20. The van der Waals surface area contributed by atoms with Crippen molar-refractivity contribution >= 4 is 10.9 Å². The Morgan fingerprint density at radius 3 is 3.05 bits per heavy atom. The molecule has 2 aromatic rings. The predicted molar refractivity (Wildman–Crippen MR) is 88.2 cm³/mol. The first-order chi connectivity index (χ1) is 10.2. The van der Waals surface area contributed by atoms with Crippen molar-refractivity contribution in [2.45, 2.75) is 45.6 Å². The lowest BCUT2D eigenvalue weighted by Gasteiger charge is -2.24. The molecule has 0 radical (unpaired) electrons. The lowest BCUT2D eigenvalue weighted by Crippen LogP contribution is -2.31. The number of benzene rings is 1. The van der Waals surface area contributed by atoms with Crippen LogP contribution in [0.2, 0.25) is 0 Å². The number of nitrogens with zero attached hydrogens (tertiary/aromatic N) is 1. The van der Waals surface area contributed by atoms with Crippen LogP contribution in [0.5, 0.6) is 5.75 Å². The van der Waals surface area contributed by atoms with Crippen molar-refractivity contribution in [2.75, 3.05) is 20.2 Å². The van der Waals surface area contributed by atoms with E-state index in [1.807, 2.05) is 0 Å². The predicted octanol–water partition coefficient (Wildman–Crippen LogP) is 3.77. The minimum Gasteiger partial charge on any atom is -0.493 e. The standard InChI is InChI=1S/C18H26N2O/c1-4-9-20(3)13(2)11-14-12-19-16-7-8-17-15(18(14)16)6-5-10-21-17/h7-8,12-13,19H,4-6,9-11H2,1-3H3. The summed E-state index contributed by atoms with van der Waals surface area (Å²) in [6.07, 6.45) is 6.75. The van der Waals surface area contributed by atoms with Crippen LogP contribution in [-0.2, 0) is 12.8 Å². The van der Waals surface area contributed by atoms with E-state index in [2.05, 4.69) is 49.1 Å². The normalized spacial score (nSPS) is 16.0. The average molecular weight is 286 g/mol. The van der Waals surface area contributed by atoms with Crippen molar-refractivity contribution in [3.8, 4) is 5.75 Å². The van der Waals surface area contributed by atoms with Crippen LogP contribution in [-0.4, -0.2) is 36.1 Å². The molecule has 1 aromatic carbocycles. The summed E-state index contributed by atoms with van der Waals surface area (Å²) in [5, 5.41) is 1.41. The molecule has 3 rings (SSSR count). The number of hydrogen-bond acceptors (Lipinski definition) is 2. The molecular weight excluding hydrogens is 260 g/mol. The summed E-state index contributed by atoms with van der Waals surface area (Å²) in [6, 6.07) is 4.83. The number of nitrogens with one attached hydrogen (secondary N) is 1. The number of likely N-dealkylation sites (N-methyl/N-ethyl adjacent to an activating group) is 1. The first-order valence-electron chi connectivity index (χ1n) is 8.15. The Bertz CT molecular complexity index is 617. The fourth-order valence-electron chi connectivity index (χ4n) is 3.38. The Hall–Kier alpha value is -1.48. The lowest BCUT2D eigenvalue weighted by molar-refractivity contribution is 0.257. The number of H-pyrrole nitrogens is 1. The van der Waals surface area contributed by atoms with Crippen LogP contribution in [0.4, 0.5) is 0 Å². The van der Waals surface area contributed by atoms with Crippen LogP contribution in [0.25, 0.3) is 10.9 Å². The second-order valence-electron chi connectivity index (χ2n) is 6.26. The molecular formula is C18H26N2O. The van der Waals surface area contributed by atoms with Crippen LogP contribution in [0.3, 0.4) is 0 Å². The molecule has 0 spiro atoms. The lowest BCUT2D eigenvalue weighted by atomic mass is 9.96. The topological polar surface area (TPSA) is 28.3 Å². The quantitative estimate of drug-likeness (QED) is 0.906. The number of rotatable bonds is 5. The van der Waals surface area contributed by atoms with Gasteiger partial charge in [0.25, 0.3) is 0 Å². The number of fused-ring (bicyclic) bond motifs is 3. The first kappa shape index (κ1) is 14.5. The van der Waals surface area contributed by atoms with Crippen molar-refractivity contribution in [1.82, 2.24) is 9.88 Å². The summed E-state index contributed by atoms with van der Waals surface area (Å²) >= 11 is 0. The van der Waals surface area contributed by atoms with Gasteiger partial charge in [0, 0.05) is 28.7 Å². The van der Waals surface area contributed by atoms with Crippen molar-refractivity contribution in [1.29, 1.82) is 0 Å². The molecule has 114 valence electrons. The third-order valence-corrected chi connectivity index (χ3v) is 4.67. The summed E-state index contributed by atoms with van der Waals surface area (Å²) < 4.78 is 5.82. The zero-order valence-corrected chi connectivity index (χ0v) is 13.4. The van der Waals surface area contributed by atoms with Gasteiger partial charge in [0.05, 0.1) is 6.61 Å². The van der Waals surface area contributed by atoms with Gasteiger partial charge in [-0.05, 0) is 63.9 Å². The third-order valence-electron chi connectivity index (χ3n) is 4.67. The minimum absolute atomic E-state index is 0.560. The molecule has 1 aliphatic heterocycles. The van der Waals surface area contributed by atoms with Gasteiger partial charge in [-0.1, -0.05) is 6.92 Å². The summed E-state index contributed by atoms with van der Waals surface area (Å²) in [4.78, 5) is 5.89. The number of ether oxygens (including phenoxy) is 1. The molecule has 0 amide bonds. The van der Waals surface area contributed by atoms with Gasteiger partial charge in [-0.15, -0.1) is 0 Å². The fourth-order valence-corrected chi connectivity index (χ4v) is 3.38. The SMILES string of the molecule is CCCN(C)C(C)Cc1c[nH]c2ccc3c(c12)CCCO3. The Labute approximate surface area is 127 Å². The van der Waals surface area contributed by atoms with E-state index in [4.69, 9.17) is 4.74 Å². The molecule has 3 heteroatoms. The van der Waals surface area contributed by atoms with E-state index in [0.717, 1.165) is 38.2 Å². The number of aromatic nitrogens is 1. The molecule has 1 aliphatic rings. The van der Waals surface area contributed by atoms with Gasteiger partial charge in [0.1, 0.15) is 5.75 Å². The highest BCUT2D eigenvalue weighted by Gasteiger charge is 2.19. The van der Waals surface area contributed by atoms with Crippen molar-refractivity contribution < 1.29 is 4.74 Å². The van der Waals surface area contributed by atoms with Gasteiger partial charge >= 0.3 is 0 Å². The van der Waals surface area contributed by atoms with Crippen molar-refractivity contribution in [3.05, 3.63) is 29.5 Å². The highest BCUT2D eigenvalue weighted by molar-refractivity contribution is 5.89. The first-order valence-corrected chi connectivity index (χ1v) is 8.15. The fraction of sp³-hybridized carbons (Fsp3) is 0.556. The number of aromatic amines is 1. The van der Waals surface area contributed by atoms with Crippen LogP contribution in [0.15, 0.2) is 18.3 Å². The van der Waals surface area contributed by atoms with Crippen molar-refractivity contribution in [2.24, 2.45) is 0 Å². The molecule has 1 atom stereocenters. The van der Waals surface area contributed by atoms with Crippen LogP contribution >= 0.6 is 0 Å². The van der Waals surface area contributed by atoms with Gasteiger partial charge in [-0.25, -0.2) is 0 Å². The average Bonchev–Trinajstić information content (AvgIpc) is 2.91. The van der Waals surface area contributed by atoms with E-state index < -0.39 is 0 Å². The Morgan fingerprint density at radius 1 is 1.38 bits per heavy atom. The maximum atomic E-state index is 5.82. The van der Waals surface area contributed by atoms with Gasteiger partial charge in [0.15, 0.2) is 0 Å². The molecule has 3 nitrogen and oxygen atoms in total. The van der Waals surface area contributed by atoms with Crippen molar-refractivity contribution in [3.63, 3.8) is 0 Å². The Morgan fingerprint density at radius 2 is 2.24 bits per heavy atom. The Balaban J connectivity index is 1.92. The number of aryl methyl sites for hydroxylation is 1. The maximum Gasteiger partial charge on any atom is 0.123 e.